The molecule has 210 valence electrons. The zero-order chi connectivity index (χ0) is 28.5. The number of rotatable bonds is 13. The highest BCUT2D eigenvalue weighted by molar-refractivity contribution is 7.89. The molecule has 0 atom stereocenters. The van der Waals surface area contributed by atoms with Gasteiger partial charge in [-0.3, -0.25) is 0 Å². The molecular weight excluding hydrogens is 526 g/mol. The molecular formula is C32H35NO6S. The Morgan fingerprint density at radius 1 is 0.600 bits per heavy atom. The maximum absolute atomic E-state index is 13.9. The first-order chi connectivity index (χ1) is 19.4. The van der Waals surface area contributed by atoms with Crippen LogP contribution in [-0.4, -0.2) is 46.9 Å². The van der Waals surface area contributed by atoms with Crippen LogP contribution in [0, 0.1) is 0 Å². The first-order valence-electron chi connectivity index (χ1n) is 12.9. The Bertz CT molecular complexity index is 1460. The van der Waals surface area contributed by atoms with Gasteiger partial charge in [0.2, 0.25) is 10.0 Å². The number of nitrogens with zero attached hydrogens (tertiary/aromatic N) is 1. The third-order valence-corrected chi connectivity index (χ3v) is 8.52. The summed E-state index contributed by atoms with van der Waals surface area (Å²) in [7, 11) is 2.56. The molecule has 0 aliphatic heterocycles. The van der Waals surface area contributed by atoms with Gasteiger partial charge in [0.1, 0.15) is 23.0 Å². The third-order valence-electron chi connectivity index (χ3n) is 6.76. The van der Waals surface area contributed by atoms with E-state index in [0.717, 1.165) is 27.8 Å². The molecule has 0 unspecified atom stereocenters. The quantitative estimate of drug-likeness (QED) is 0.201. The van der Waals surface area contributed by atoms with Gasteiger partial charge in [-0.25, -0.2) is 8.42 Å². The molecule has 0 heterocycles. The Morgan fingerprint density at radius 3 is 1.68 bits per heavy atom. The topological polar surface area (TPSA) is 74.3 Å². The molecule has 0 amide bonds. The van der Waals surface area contributed by atoms with Gasteiger partial charge in [0.25, 0.3) is 0 Å². The van der Waals surface area contributed by atoms with Crippen LogP contribution < -0.4 is 18.9 Å². The van der Waals surface area contributed by atoms with Crippen molar-refractivity contribution in [1.82, 2.24) is 4.31 Å². The van der Waals surface area contributed by atoms with Crippen LogP contribution in [0.2, 0.25) is 0 Å². The van der Waals surface area contributed by atoms with Gasteiger partial charge >= 0.3 is 0 Å². The van der Waals surface area contributed by atoms with Crippen LogP contribution in [0.5, 0.6) is 23.0 Å². The van der Waals surface area contributed by atoms with E-state index in [4.69, 9.17) is 18.9 Å². The first-order valence-corrected chi connectivity index (χ1v) is 14.5. The maximum atomic E-state index is 13.9. The summed E-state index contributed by atoms with van der Waals surface area (Å²) in [6.07, 6.45) is 0.374. The first kappa shape index (κ1) is 29.0. The standard InChI is InChI=1S/C32H35NO6S/c1-36-29-15-13-27(31(20-29)38-3)22-33(23-28-14-16-30(37-2)21-32(28)39-4)40(34,35)18-17-24-9-8-12-26(19-24)25-10-6-5-7-11-25/h5-16,19-21H,17-18,22-23H2,1-4H3. The highest BCUT2D eigenvalue weighted by Crippen LogP contribution is 2.31. The lowest BCUT2D eigenvalue weighted by Crippen LogP contribution is -2.33. The summed E-state index contributed by atoms with van der Waals surface area (Å²) in [5, 5.41) is 0. The Hall–Kier alpha value is -4.01. The van der Waals surface area contributed by atoms with E-state index in [2.05, 4.69) is 0 Å². The molecule has 0 N–H and O–H groups in total. The Morgan fingerprint density at radius 2 is 1.15 bits per heavy atom. The summed E-state index contributed by atoms with van der Waals surface area (Å²) in [6, 6.07) is 28.8. The SMILES string of the molecule is COc1ccc(CN(Cc2ccc(OC)cc2OC)S(=O)(=O)CCc2cccc(-c3ccccc3)c2)c(OC)c1. The van der Waals surface area contributed by atoms with Crippen molar-refractivity contribution in [3.63, 3.8) is 0 Å². The summed E-state index contributed by atoms with van der Waals surface area (Å²) in [5.41, 5.74) is 4.55. The molecule has 0 fully saturated rings. The number of sulfonamides is 1. The molecule has 0 bridgehead atoms. The minimum atomic E-state index is -3.72. The van der Waals surface area contributed by atoms with Crippen molar-refractivity contribution in [2.75, 3.05) is 34.2 Å². The summed E-state index contributed by atoms with van der Waals surface area (Å²) >= 11 is 0. The van der Waals surface area contributed by atoms with Crippen LogP contribution in [-0.2, 0) is 29.5 Å². The van der Waals surface area contributed by atoms with E-state index in [-0.39, 0.29) is 18.8 Å². The molecule has 4 aromatic rings. The maximum Gasteiger partial charge on any atom is 0.215 e. The van der Waals surface area contributed by atoms with Crippen LogP contribution in [0.4, 0.5) is 0 Å². The second kappa shape index (κ2) is 13.4. The monoisotopic (exact) mass is 561 g/mol. The minimum Gasteiger partial charge on any atom is -0.497 e. The van der Waals surface area contributed by atoms with Gasteiger partial charge in [-0.2, -0.15) is 4.31 Å². The summed E-state index contributed by atoms with van der Waals surface area (Å²) < 4.78 is 51.1. The van der Waals surface area contributed by atoms with Crippen LogP contribution in [0.1, 0.15) is 16.7 Å². The number of ether oxygens (including phenoxy) is 4. The van der Waals surface area contributed by atoms with Gasteiger partial charge in [-0.05, 0) is 35.2 Å². The fraction of sp³-hybridized carbons (Fsp3) is 0.250. The number of hydrogen-bond donors (Lipinski definition) is 0. The zero-order valence-corrected chi connectivity index (χ0v) is 24.1. The third kappa shape index (κ3) is 7.14. The largest absolute Gasteiger partial charge is 0.497 e. The predicted octanol–water partition coefficient (Wildman–Crippen LogP) is 5.96. The molecule has 4 rings (SSSR count). The van der Waals surface area contributed by atoms with E-state index in [0.29, 0.717) is 29.4 Å². The molecule has 4 aromatic carbocycles. The molecule has 0 aliphatic carbocycles. The molecule has 40 heavy (non-hydrogen) atoms. The van der Waals surface area contributed by atoms with Gasteiger partial charge in [-0.15, -0.1) is 0 Å². The van der Waals surface area contributed by atoms with E-state index in [1.54, 1.807) is 52.7 Å². The molecule has 8 heteroatoms. The summed E-state index contributed by atoms with van der Waals surface area (Å²) in [4.78, 5) is 0. The second-order valence-electron chi connectivity index (χ2n) is 9.26. The van der Waals surface area contributed by atoms with Crippen molar-refractivity contribution in [3.05, 3.63) is 108 Å². The second-order valence-corrected chi connectivity index (χ2v) is 11.3. The average Bonchev–Trinajstić information content (AvgIpc) is 3.00. The van der Waals surface area contributed by atoms with Crippen molar-refractivity contribution >= 4 is 10.0 Å². The van der Waals surface area contributed by atoms with Crippen molar-refractivity contribution in [1.29, 1.82) is 0 Å². The van der Waals surface area contributed by atoms with E-state index in [1.807, 2.05) is 66.7 Å². The fourth-order valence-electron chi connectivity index (χ4n) is 4.51. The number of methoxy groups -OCH3 is 4. The Labute approximate surface area is 236 Å². The Balaban J connectivity index is 1.63. The van der Waals surface area contributed by atoms with Gasteiger partial charge < -0.3 is 18.9 Å². The average molecular weight is 562 g/mol. The molecule has 0 aromatic heterocycles. The van der Waals surface area contributed by atoms with E-state index >= 15 is 0 Å². The smallest absolute Gasteiger partial charge is 0.215 e. The number of benzene rings is 4. The predicted molar refractivity (Wildman–Crippen MR) is 158 cm³/mol. The van der Waals surface area contributed by atoms with Crippen molar-refractivity contribution < 1.29 is 27.4 Å². The van der Waals surface area contributed by atoms with Crippen LogP contribution in [0.3, 0.4) is 0 Å². The van der Waals surface area contributed by atoms with Crippen LogP contribution >= 0.6 is 0 Å². The minimum absolute atomic E-state index is 0.0534. The molecule has 0 saturated carbocycles. The van der Waals surface area contributed by atoms with E-state index in [1.165, 1.54) is 4.31 Å². The lowest BCUT2D eigenvalue weighted by atomic mass is 10.0. The number of aryl methyl sites for hydroxylation is 1. The van der Waals surface area contributed by atoms with Gasteiger partial charge in [-0.1, -0.05) is 66.7 Å². The number of hydrogen-bond acceptors (Lipinski definition) is 6. The van der Waals surface area contributed by atoms with Gasteiger partial charge in [0.05, 0.1) is 34.2 Å². The molecule has 0 aliphatic rings. The normalized spacial score (nSPS) is 11.3. The molecule has 0 saturated heterocycles. The van der Waals surface area contributed by atoms with Crippen molar-refractivity contribution in [3.8, 4) is 34.1 Å². The zero-order valence-electron chi connectivity index (χ0n) is 23.3. The lowest BCUT2D eigenvalue weighted by Gasteiger charge is -2.24. The fourth-order valence-corrected chi connectivity index (χ4v) is 5.93. The molecule has 7 nitrogen and oxygen atoms in total. The Kier molecular flexibility index (Phi) is 9.69. The van der Waals surface area contributed by atoms with Crippen molar-refractivity contribution in [2.24, 2.45) is 0 Å². The van der Waals surface area contributed by atoms with Gasteiger partial charge in [0, 0.05) is 36.3 Å². The van der Waals surface area contributed by atoms with Gasteiger partial charge in [0.15, 0.2) is 0 Å². The molecule has 0 spiro atoms. The highest BCUT2D eigenvalue weighted by atomic mass is 32.2. The molecule has 0 radical (unpaired) electrons. The lowest BCUT2D eigenvalue weighted by molar-refractivity contribution is 0.358. The van der Waals surface area contributed by atoms with E-state index in [9.17, 15) is 8.42 Å². The van der Waals surface area contributed by atoms with E-state index < -0.39 is 10.0 Å². The highest BCUT2D eigenvalue weighted by Gasteiger charge is 2.25. The van der Waals surface area contributed by atoms with Crippen LogP contribution in [0.15, 0.2) is 91.0 Å². The summed E-state index contributed by atoms with van der Waals surface area (Å²) in [6.45, 7) is 0.240. The van der Waals surface area contributed by atoms with Crippen molar-refractivity contribution in [2.45, 2.75) is 19.5 Å². The summed E-state index contributed by atoms with van der Waals surface area (Å²) in [5.74, 6) is 2.31. The van der Waals surface area contributed by atoms with Crippen LogP contribution in [0.25, 0.3) is 11.1 Å².